The van der Waals surface area contributed by atoms with Crippen LogP contribution < -0.4 is 5.32 Å². The molecule has 2 atom stereocenters. The Morgan fingerprint density at radius 3 is 3.08 bits per heavy atom. The van der Waals surface area contributed by atoms with Crippen LogP contribution in [0.5, 0.6) is 0 Å². The van der Waals surface area contributed by atoms with Crippen molar-refractivity contribution in [3.05, 3.63) is 0 Å². The van der Waals surface area contributed by atoms with Crippen LogP contribution >= 0.6 is 0 Å². The van der Waals surface area contributed by atoms with Crippen LogP contribution in [-0.2, 0) is 4.84 Å². The molecule has 2 unspecified atom stereocenters. The third-order valence-corrected chi connectivity index (χ3v) is 2.02. The summed E-state index contributed by atoms with van der Waals surface area (Å²) < 4.78 is 0. The lowest BCUT2D eigenvalue weighted by Crippen LogP contribution is -2.53. The molecule has 0 aromatic carbocycles. The van der Waals surface area contributed by atoms with E-state index < -0.39 is 0 Å². The van der Waals surface area contributed by atoms with Crippen molar-refractivity contribution in [3.63, 3.8) is 0 Å². The fourth-order valence-corrected chi connectivity index (χ4v) is 1.37. The summed E-state index contributed by atoms with van der Waals surface area (Å²) in [4.78, 5) is 5.37. The molecule has 0 bridgehead atoms. The summed E-state index contributed by atoms with van der Waals surface area (Å²) in [6, 6.07) is 0.0405. The molecule has 1 rings (SSSR count). The first-order valence-corrected chi connectivity index (χ1v) is 4.46. The largest absolute Gasteiger partial charge is 0.392 e. The maximum absolute atomic E-state index is 9.39. The van der Waals surface area contributed by atoms with Crippen LogP contribution in [0.2, 0.25) is 0 Å². The van der Waals surface area contributed by atoms with Crippen LogP contribution in [0, 0.1) is 0 Å². The Bertz CT molecular complexity index is 128. The third kappa shape index (κ3) is 2.42. The highest BCUT2D eigenvalue weighted by atomic mass is 16.7. The molecule has 1 radical (unpaired) electrons. The maximum atomic E-state index is 9.39. The Labute approximate surface area is 73.5 Å². The molecule has 0 aromatic heterocycles. The van der Waals surface area contributed by atoms with Gasteiger partial charge in [-0.1, -0.05) is 0 Å². The number of hydroxylamine groups is 2. The van der Waals surface area contributed by atoms with Gasteiger partial charge in [0.1, 0.15) is 0 Å². The number of nitrogens with zero attached hydrogens (tertiary/aromatic N) is 2. The van der Waals surface area contributed by atoms with E-state index in [1.165, 1.54) is 0 Å². The molecule has 1 saturated heterocycles. The summed E-state index contributed by atoms with van der Waals surface area (Å²) in [7, 11) is 0. The predicted molar refractivity (Wildman–Crippen MR) is 45.7 cm³/mol. The quantitative estimate of drug-likeness (QED) is 0.632. The second-order valence-corrected chi connectivity index (χ2v) is 3.00. The average Bonchev–Trinajstić information content (AvgIpc) is 2.05. The zero-order chi connectivity index (χ0) is 8.97. The predicted octanol–water partition coefficient (Wildman–Crippen LogP) is -0.393. The third-order valence-electron chi connectivity index (χ3n) is 2.02. The van der Waals surface area contributed by atoms with Gasteiger partial charge < -0.3 is 5.11 Å². The first-order valence-electron chi connectivity index (χ1n) is 4.46. The van der Waals surface area contributed by atoms with Crippen molar-refractivity contribution in [2.75, 3.05) is 26.2 Å². The van der Waals surface area contributed by atoms with Gasteiger partial charge in [-0.3, -0.25) is 4.84 Å². The Morgan fingerprint density at radius 2 is 2.50 bits per heavy atom. The van der Waals surface area contributed by atoms with E-state index in [1.807, 2.05) is 12.0 Å². The summed E-state index contributed by atoms with van der Waals surface area (Å²) in [6.07, 6.45) is -0.374. The van der Waals surface area contributed by atoms with Crippen LogP contribution in [0.25, 0.3) is 0 Å². The number of aliphatic hydroxyl groups is 1. The number of rotatable bonds is 3. The minimum atomic E-state index is -0.374. The number of piperazine rings is 1. The first kappa shape index (κ1) is 9.92. The molecule has 0 aromatic rings. The second kappa shape index (κ2) is 4.77. The van der Waals surface area contributed by atoms with Gasteiger partial charge in [-0.05, 0) is 13.8 Å². The molecule has 1 aliphatic rings. The molecule has 71 valence electrons. The molecule has 0 saturated carbocycles. The van der Waals surface area contributed by atoms with Crippen molar-refractivity contribution in [2.45, 2.75) is 26.0 Å². The SMILES string of the molecule is CCON1CC[N]CC1C(C)O. The fourth-order valence-electron chi connectivity index (χ4n) is 1.37. The molecule has 1 N–H and O–H groups in total. The van der Waals surface area contributed by atoms with Gasteiger partial charge in [0.25, 0.3) is 0 Å². The molecule has 1 aliphatic heterocycles. The van der Waals surface area contributed by atoms with Crippen molar-refractivity contribution in [3.8, 4) is 0 Å². The monoisotopic (exact) mass is 173 g/mol. The van der Waals surface area contributed by atoms with Crippen molar-refractivity contribution in [1.82, 2.24) is 10.4 Å². The lowest BCUT2D eigenvalue weighted by molar-refractivity contribution is -0.207. The molecule has 12 heavy (non-hydrogen) atoms. The lowest BCUT2D eigenvalue weighted by Gasteiger charge is -2.35. The topological polar surface area (TPSA) is 46.8 Å². The van der Waals surface area contributed by atoms with Crippen LogP contribution in [-0.4, -0.2) is 48.6 Å². The maximum Gasteiger partial charge on any atom is 0.0750 e. The lowest BCUT2D eigenvalue weighted by atomic mass is 10.1. The summed E-state index contributed by atoms with van der Waals surface area (Å²) in [5, 5.41) is 15.5. The Morgan fingerprint density at radius 1 is 1.75 bits per heavy atom. The number of aliphatic hydroxyl groups excluding tert-OH is 1. The van der Waals surface area contributed by atoms with Gasteiger partial charge in [0.15, 0.2) is 0 Å². The highest BCUT2D eigenvalue weighted by molar-refractivity contribution is 4.78. The zero-order valence-electron chi connectivity index (χ0n) is 7.73. The summed E-state index contributed by atoms with van der Waals surface area (Å²) in [5.41, 5.74) is 0. The highest BCUT2D eigenvalue weighted by Crippen LogP contribution is 2.08. The van der Waals surface area contributed by atoms with E-state index in [-0.39, 0.29) is 12.1 Å². The minimum Gasteiger partial charge on any atom is -0.392 e. The number of hydrogen-bond donors (Lipinski definition) is 1. The van der Waals surface area contributed by atoms with Gasteiger partial charge >= 0.3 is 0 Å². The standard InChI is InChI=1S/C8H17N2O2/c1-3-12-10-5-4-9-6-8(10)7(2)11/h7-8,11H,3-6H2,1-2H3. The molecular formula is C8H17N2O2. The van der Waals surface area contributed by atoms with Gasteiger partial charge in [0.05, 0.1) is 18.8 Å². The summed E-state index contributed by atoms with van der Waals surface area (Å²) in [6.45, 7) is 6.66. The van der Waals surface area contributed by atoms with E-state index in [4.69, 9.17) is 4.84 Å². The van der Waals surface area contributed by atoms with Crippen LogP contribution in [0.15, 0.2) is 0 Å². The Kier molecular flexibility index (Phi) is 3.94. The molecule has 0 spiro atoms. The molecule has 1 fully saturated rings. The van der Waals surface area contributed by atoms with Gasteiger partial charge in [-0.25, -0.2) is 5.32 Å². The normalized spacial score (nSPS) is 28.8. The van der Waals surface area contributed by atoms with Gasteiger partial charge in [0.2, 0.25) is 0 Å². The second-order valence-electron chi connectivity index (χ2n) is 3.00. The molecule has 1 heterocycles. The van der Waals surface area contributed by atoms with Crippen LogP contribution in [0.3, 0.4) is 0 Å². The van der Waals surface area contributed by atoms with Crippen LogP contribution in [0.1, 0.15) is 13.8 Å². The fraction of sp³-hybridized carbons (Fsp3) is 1.00. The van der Waals surface area contributed by atoms with Gasteiger partial charge in [-0.15, -0.1) is 0 Å². The van der Waals surface area contributed by atoms with E-state index in [9.17, 15) is 5.11 Å². The van der Waals surface area contributed by atoms with E-state index in [0.717, 1.165) is 13.1 Å². The van der Waals surface area contributed by atoms with Crippen molar-refractivity contribution >= 4 is 0 Å². The van der Waals surface area contributed by atoms with E-state index in [1.54, 1.807) is 6.92 Å². The summed E-state index contributed by atoms with van der Waals surface area (Å²) >= 11 is 0. The smallest absolute Gasteiger partial charge is 0.0750 e. The van der Waals surface area contributed by atoms with Crippen molar-refractivity contribution in [2.24, 2.45) is 0 Å². The first-order chi connectivity index (χ1) is 5.75. The van der Waals surface area contributed by atoms with Crippen LogP contribution in [0.4, 0.5) is 0 Å². The molecule has 4 nitrogen and oxygen atoms in total. The molecule has 0 aliphatic carbocycles. The molecule has 4 heteroatoms. The molecular weight excluding hydrogens is 156 g/mol. The Balaban J connectivity index is 2.42. The zero-order valence-corrected chi connectivity index (χ0v) is 7.73. The van der Waals surface area contributed by atoms with Crippen molar-refractivity contribution in [1.29, 1.82) is 0 Å². The van der Waals surface area contributed by atoms with Gasteiger partial charge in [0, 0.05) is 19.6 Å². The van der Waals surface area contributed by atoms with Crippen molar-refractivity contribution < 1.29 is 9.94 Å². The highest BCUT2D eigenvalue weighted by Gasteiger charge is 2.27. The van der Waals surface area contributed by atoms with E-state index in [0.29, 0.717) is 13.2 Å². The summed E-state index contributed by atoms with van der Waals surface area (Å²) in [5.74, 6) is 0. The van der Waals surface area contributed by atoms with Gasteiger partial charge in [-0.2, -0.15) is 5.06 Å². The van der Waals surface area contributed by atoms with E-state index in [2.05, 4.69) is 5.32 Å². The minimum absolute atomic E-state index is 0.0405. The Hall–Kier alpha value is -0.160. The molecule has 0 amide bonds. The number of hydrogen-bond acceptors (Lipinski definition) is 3. The average molecular weight is 173 g/mol. The van der Waals surface area contributed by atoms with E-state index >= 15 is 0 Å².